The molecule has 33 heavy (non-hydrogen) atoms. The number of fused-ring (bicyclic) bond motifs is 1. The minimum absolute atomic E-state index is 0.0455. The van der Waals surface area contributed by atoms with E-state index in [1.807, 2.05) is 18.2 Å². The lowest BCUT2D eigenvalue weighted by Crippen LogP contribution is -2.32. The van der Waals surface area contributed by atoms with Gasteiger partial charge in [0.25, 0.3) is 5.91 Å². The molecule has 0 aliphatic carbocycles. The van der Waals surface area contributed by atoms with Crippen molar-refractivity contribution >= 4 is 15.9 Å². The smallest absolute Gasteiger partial charge is 0.254 e. The number of carbonyl (C=O) groups excluding carboxylic acids is 1. The van der Waals surface area contributed by atoms with E-state index < -0.39 is 10.0 Å². The molecule has 2 aromatic carbocycles. The first-order valence-electron chi connectivity index (χ1n) is 11.2. The standard InChI is InChI=1S/C24H30N2O6S/c1-16(2)25-33(28,29)23-15-18(8-10-21(23)30-3)24(27)26-11-4-6-19(26)17-7-9-20-22(14-17)32-13-5-12-31-20/h7-10,14-16,19,25H,4-6,11-13H2,1-3H3/t19-/m1/s1. The van der Waals surface area contributed by atoms with Crippen LogP contribution in [0.2, 0.25) is 0 Å². The number of sulfonamides is 1. The first-order chi connectivity index (χ1) is 15.8. The third-order valence-corrected chi connectivity index (χ3v) is 7.44. The molecule has 1 saturated heterocycles. The van der Waals surface area contributed by atoms with Crippen molar-refractivity contribution in [1.29, 1.82) is 0 Å². The molecule has 2 aromatic rings. The number of carbonyl (C=O) groups is 1. The first kappa shape index (κ1) is 23.4. The van der Waals surface area contributed by atoms with Gasteiger partial charge in [-0.15, -0.1) is 0 Å². The number of nitrogens with zero attached hydrogens (tertiary/aromatic N) is 1. The molecular formula is C24H30N2O6S. The topological polar surface area (TPSA) is 94.2 Å². The number of ether oxygens (including phenoxy) is 3. The van der Waals surface area contributed by atoms with Gasteiger partial charge in [0.2, 0.25) is 10.0 Å². The van der Waals surface area contributed by atoms with E-state index in [0.29, 0.717) is 31.1 Å². The second-order valence-corrected chi connectivity index (χ2v) is 10.2. The Hall–Kier alpha value is -2.78. The van der Waals surface area contributed by atoms with Gasteiger partial charge in [-0.3, -0.25) is 4.79 Å². The second-order valence-electron chi connectivity index (χ2n) is 8.55. The predicted octanol–water partition coefficient (Wildman–Crippen LogP) is 3.52. The van der Waals surface area contributed by atoms with E-state index in [-0.39, 0.29) is 28.6 Å². The second kappa shape index (κ2) is 9.61. The van der Waals surface area contributed by atoms with E-state index in [1.165, 1.54) is 19.2 Å². The molecule has 1 atom stereocenters. The summed E-state index contributed by atoms with van der Waals surface area (Å²) in [6.07, 6.45) is 2.51. The van der Waals surface area contributed by atoms with Crippen molar-refractivity contribution < 1.29 is 27.4 Å². The number of methoxy groups -OCH3 is 1. The maximum absolute atomic E-state index is 13.5. The summed E-state index contributed by atoms with van der Waals surface area (Å²) < 4.78 is 45.0. The molecule has 0 aromatic heterocycles. The Bertz CT molecular complexity index is 1130. The summed E-state index contributed by atoms with van der Waals surface area (Å²) in [5.41, 5.74) is 1.29. The van der Waals surface area contributed by atoms with Crippen LogP contribution in [0.4, 0.5) is 0 Å². The summed E-state index contributed by atoms with van der Waals surface area (Å²) in [4.78, 5) is 15.2. The number of nitrogens with one attached hydrogen (secondary N) is 1. The Morgan fingerprint density at radius 1 is 1.09 bits per heavy atom. The van der Waals surface area contributed by atoms with E-state index >= 15 is 0 Å². The maximum atomic E-state index is 13.5. The minimum Gasteiger partial charge on any atom is -0.495 e. The van der Waals surface area contributed by atoms with Gasteiger partial charge in [-0.05, 0) is 62.6 Å². The zero-order chi connectivity index (χ0) is 23.6. The number of rotatable bonds is 6. The molecule has 4 rings (SSSR count). The van der Waals surface area contributed by atoms with Crippen molar-refractivity contribution in [2.45, 2.75) is 50.1 Å². The lowest BCUT2D eigenvalue weighted by Gasteiger charge is -2.26. The molecule has 0 radical (unpaired) electrons. The molecule has 0 unspecified atom stereocenters. The van der Waals surface area contributed by atoms with E-state index in [1.54, 1.807) is 24.8 Å². The maximum Gasteiger partial charge on any atom is 0.254 e. The van der Waals surface area contributed by atoms with Crippen molar-refractivity contribution in [1.82, 2.24) is 9.62 Å². The predicted molar refractivity (Wildman–Crippen MR) is 124 cm³/mol. The van der Waals surface area contributed by atoms with Crippen molar-refractivity contribution in [3.63, 3.8) is 0 Å². The molecule has 178 valence electrons. The number of hydrogen-bond acceptors (Lipinski definition) is 6. The molecule has 1 fully saturated rings. The van der Waals surface area contributed by atoms with Crippen LogP contribution >= 0.6 is 0 Å². The normalized spacial score (nSPS) is 18.3. The monoisotopic (exact) mass is 474 g/mol. The Morgan fingerprint density at radius 3 is 2.58 bits per heavy atom. The SMILES string of the molecule is COc1ccc(C(=O)N2CCC[C@@H]2c2ccc3c(c2)OCCCO3)cc1S(=O)(=O)NC(C)C. The van der Waals surface area contributed by atoms with Crippen LogP contribution in [0.15, 0.2) is 41.3 Å². The summed E-state index contributed by atoms with van der Waals surface area (Å²) in [7, 11) is -2.43. The van der Waals surface area contributed by atoms with E-state index in [4.69, 9.17) is 14.2 Å². The number of benzene rings is 2. The molecule has 2 aliphatic heterocycles. The highest BCUT2D eigenvalue weighted by atomic mass is 32.2. The molecule has 0 bridgehead atoms. The van der Waals surface area contributed by atoms with Crippen LogP contribution in [-0.4, -0.2) is 52.1 Å². The fraction of sp³-hybridized carbons (Fsp3) is 0.458. The van der Waals surface area contributed by atoms with Gasteiger partial charge in [-0.2, -0.15) is 0 Å². The van der Waals surface area contributed by atoms with Gasteiger partial charge in [0.15, 0.2) is 11.5 Å². The van der Waals surface area contributed by atoms with Crippen molar-refractivity contribution in [2.75, 3.05) is 26.9 Å². The van der Waals surface area contributed by atoms with Gasteiger partial charge in [0.1, 0.15) is 10.6 Å². The highest BCUT2D eigenvalue weighted by molar-refractivity contribution is 7.89. The summed E-state index contributed by atoms with van der Waals surface area (Å²) in [5.74, 6) is 1.39. The Balaban J connectivity index is 1.64. The van der Waals surface area contributed by atoms with Gasteiger partial charge >= 0.3 is 0 Å². The van der Waals surface area contributed by atoms with Gasteiger partial charge in [0.05, 0.1) is 26.4 Å². The molecule has 0 saturated carbocycles. The Labute approximate surface area is 194 Å². The van der Waals surface area contributed by atoms with Gasteiger partial charge in [-0.25, -0.2) is 13.1 Å². The molecule has 8 nitrogen and oxygen atoms in total. The molecule has 0 spiro atoms. The molecular weight excluding hydrogens is 444 g/mol. The molecule has 9 heteroatoms. The molecule has 1 N–H and O–H groups in total. The van der Waals surface area contributed by atoms with Gasteiger partial charge < -0.3 is 19.1 Å². The molecule has 2 aliphatic rings. The lowest BCUT2D eigenvalue weighted by atomic mass is 10.0. The number of amides is 1. The van der Waals surface area contributed by atoms with E-state index in [2.05, 4.69) is 4.72 Å². The van der Waals surface area contributed by atoms with Crippen LogP contribution in [0.1, 0.15) is 55.1 Å². The summed E-state index contributed by atoms with van der Waals surface area (Å²) >= 11 is 0. The van der Waals surface area contributed by atoms with Crippen LogP contribution in [0.5, 0.6) is 17.2 Å². The third-order valence-electron chi connectivity index (χ3n) is 5.76. The highest BCUT2D eigenvalue weighted by Crippen LogP contribution is 2.39. The van der Waals surface area contributed by atoms with Gasteiger partial charge in [-0.1, -0.05) is 6.07 Å². The van der Waals surface area contributed by atoms with Gasteiger partial charge in [0, 0.05) is 24.6 Å². The van der Waals surface area contributed by atoms with Crippen LogP contribution in [-0.2, 0) is 10.0 Å². The third kappa shape index (κ3) is 4.94. The zero-order valence-electron chi connectivity index (χ0n) is 19.2. The number of likely N-dealkylation sites (tertiary alicyclic amines) is 1. The van der Waals surface area contributed by atoms with E-state index in [0.717, 1.165) is 30.6 Å². The van der Waals surface area contributed by atoms with Crippen LogP contribution < -0.4 is 18.9 Å². The zero-order valence-corrected chi connectivity index (χ0v) is 20.0. The molecule has 2 heterocycles. The van der Waals surface area contributed by atoms with Crippen molar-refractivity contribution in [3.8, 4) is 17.2 Å². The minimum atomic E-state index is -3.84. The summed E-state index contributed by atoms with van der Waals surface area (Å²) in [5, 5.41) is 0. The van der Waals surface area contributed by atoms with Crippen LogP contribution in [0, 0.1) is 0 Å². The van der Waals surface area contributed by atoms with Crippen molar-refractivity contribution in [2.24, 2.45) is 0 Å². The fourth-order valence-electron chi connectivity index (χ4n) is 4.30. The summed E-state index contributed by atoms with van der Waals surface area (Å²) in [6, 6.07) is 9.95. The average Bonchev–Trinajstić information content (AvgIpc) is 3.16. The van der Waals surface area contributed by atoms with Crippen LogP contribution in [0.3, 0.4) is 0 Å². The Kier molecular flexibility index (Phi) is 6.81. The summed E-state index contributed by atoms with van der Waals surface area (Å²) in [6.45, 7) is 5.29. The molecule has 1 amide bonds. The first-order valence-corrected chi connectivity index (χ1v) is 12.7. The number of hydrogen-bond donors (Lipinski definition) is 1. The lowest BCUT2D eigenvalue weighted by molar-refractivity contribution is 0.0735. The fourth-order valence-corrected chi connectivity index (χ4v) is 5.75. The van der Waals surface area contributed by atoms with E-state index in [9.17, 15) is 13.2 Å². The Morgan fingerprint density at radius 2 is 1.85 bits per heavy atom. The van der Waals surface area contributed by atoms with Crippen LogP contribution in [0.25, 0.3) is 0 Å². The largest absolute Gasteiger partial charge is 0.495 e. The van der Waals surface area contributed by atoms with Crippen molar-refractivity contribution in [3.05, 3.63) is 47.5 Å². The quantitative estimate of drug-likeness (QED) is 0.689. The highest BCUT2D eigenvalue weighted by Gasteiger charge is 2.32. The average molecular weight is 475 g/mol.